The van der Waals surface area contributed by atoms with Gasteiger partial charge in [-0.3, -0.25) is 14.7 Å². The Morgan fingerprint density at radius 2 is 1.87 bits per heavy atom. The maximum Gasteiger partial charge on any atom is 0.223 e. The minimum Gasteiger partial charge on any atom is -0.357 e. The molecule has 1 saturated heterocycles. The fourth-order valence-corrected chi connectivity index (χ4v) is 3.95. The van der Waals surface area contributed by atoms with Crippen LogP contribution in [0.3, 0.4) is 0 Å². The van der Waals surface area contributed by atoms with E-state index in [4.69, 9.17) is 0 Å². The Morgan fingerprint density at radius 1 is 1.16 bits per heavy atom. The first-order valence-electron chi connectivity index (χ1n) is 11.0. The van der Waals surface area contributed by atoms with Gasteiger partial charge in [0.2, 0.25) is 5.91 Å². The fraction of sp³-hybridized carbons (Fsp3) is 0.636. The lowest BCUT2D eigenvalue weighted by molar-refractivity contribution is -0.122. The van der Waals surface area contributed by atoms with E-state index in [9.17, 15) is 13.6 Å². The van der Waals surface area contributed by atoms with Crippen molar-refractivity contribution >= 4 is 35.8 Å². The molecule has 2 N–H and O–H groups in total. The SMILES string of the molecule is CCNC(=NCCNC(=O)C1CC1)N1CCN(C(CC)c2ccc(F)cc2F)CC1.I. The highest BCUT2D eigenvalue weighted by molar-refractivity contribution is 14.0. The van der Waals surface area contributed by atoms with E-state index in [0.29, 0.717) is 18.7 Å². The quantitative estimate of drug-likeness (QED) is 0.227. The summed E-state index contributed by atoms with van der Waals surface area (Å²) in [5.41, 5.74) is 0.555. The van der Waals surface area contributed by atoms with Crippen LogP contribution in [0.4, 0.5) is 8.78 Å². The highest BCUT2D eigenvalue weighted by Crippen LogP contribution is 2.29. The summed E-state index contributed by atoms with van der Waals surface area (Å²) >= 11 is 0. The van der Waals surface area contributed by atoms with E-state index in [0.717, 1.165) is 64.0 Å². The standard InChI is InChI=1S/C22H33F2N5O.HI/c1-3-20(18-8-7-17(23)15-19(18)24)28-11-13-29(14-12-28)22(25-4-2)27-10-9-26-21(30)16-5-6-16;/h7-8,15-16,20H,3-6,9-14H2,1-2H3,(H,25,27)(H,26,30);1H. The van der Waals surface area contributed by atoms with Gasteiger partial charge < -0.3 is 15.5 Å². The second-order valence-corrected chi connectivity index (χ2v) is 7.91. The topological polar surface area (TPSA) is 60.0 Å². The van der Waals surface area contributed by atoms with E-state index in [2.05, 4.69) is 25.4 Å². The zero-order valence-corrected chi connectivity index (χ0v) is 20.7. The number of rotatable bonds is 8. The molecule has 0 bridgehead atoms. The maximum atomic E-state index is 14.3. The number of hydrogen-bond donors (Lipinski definition) is 2. The van der Waals surface area contributed by atoms with Gasteiger partial charge in [0.05, 0.1) is 6.54 Å². The average molecular weight is 549 g/mol. The monoisotopic (exact) mass is 549 g/mol. The lowest BCUT2D eigenvalue weighted by Crippen LogP contribution is -2.53. The Hall–Kier alpha value is -1.49. The summed E-state index contributed by atoms with van der Waals surface area (Å²) in [5.74, 6) is 0.178. The van der Waals surface area contributed by atoms with Crippen LogP contribution in [-0.4, -0.2) is 67.5 Å². The number of carbonyl (C=O) groups is 1. The lowest BCUT2D eigenvalue weighted by Gasteiger charge is -2.40. The van der Waals surface area contributed by atoms with Gasteiger partial charge in [-0.2, -0.15) is 0 Å². The van der Waals surface area contributed by atoms with Gasteiger partial charge in [-0.05, 0) is 32.3 Å². The molecular formula is C22H34F2IN5O. The molecular weight excluding hydrogens is 515 g/mol. The number of nitrogens with zero attached hydrogens (tertiary/aromatic N) is 3. The largest absolute Gasteiger partial charge is 0.357 e. The van der Waals surface area contributed by atoms with Gasteiger partial charge in [-0.25, -0.2) is 8.78 Å². The predicted molar refractivity (Wildman–Crippen MR) is 130 cm³/mol. The molecule has 3 rings (SSSR count). The van der Waals surface area contributed by atoms with Crippen molar-refractivity contribution in [2.24, 2.45) is 10.9 Å². The van der Waals surface area contributed by atoms with E-state index >= 15 is 0 Å². The van der Waals surface area contributed by atoms with Crippen molar-refractivity contribution < 1.29 is 13.6 Å². The summed E-state index contributed by atoms with van der Waals surface area (Å²) in [5, 5.41) is 6.26. The first-order valence-corrected chi connectivity index (χ1v) is 11.0. The Kier molecular flexibility index (Phi) is 10.4. The zero-order chi connectivity index (χ0) is 21.5. The summed E-state index contributed by atoms with van der Waals surface area (Å²) in [7, 11) is 0. The highest BCUT2D eigenvalue weighted by Gasteiger charge is 2.29. The molecule has 1 aromatic rings. The molecule has 0 spiro atoms. The van der Waals surface area contributed by atoms with Gasteiger partial charge >= 0.3 is 0 Å². The Morgan fingerprint density at radius 3 is 2.45 bits per heavy atom. The van der Waals surface area contributed by atoms with E-state index in [1.165, 1.54) is 6.07 Å². The number of amides is 1. The minimum absolute atomic E-state index is 0. The first-order chi connectivity index (χ1) is 14.5. The van der Waals surface area contributed by atoms with Gasteiger partial charge in [0.25, 0.3) is 0 Å². The molecule has 0 aromatic heterocycles. The van der Waals surface area contributed by atoms with Crippen LogP contribution in [-0.2, 0) is 4.79 Å². The highest BCUT2D eigenvalue weighted by atomic mass is 127. The lowest BCUT2D eigenvalue weighted by atomic mass is 10.0. The number of hydrogen-bond acceptors (Lipinski definition) is 3. The zero-order valence-electron chi connectivity index (χ0n) is 18.4. The van der Waals surface area contributed by atoms with Crippen molar-refractivity contribution in [1.29, 1.82) is 0 Å². The normalized spacial score (nSPS) is 18.3. The van der Waals surface area contributed by atoms with Crippen LogP contribution in [0.1, 0.15) is 44.7 Å². The van der Waals surface area contributed by atoms with Crippen LogP contribution < -0.4 is 10.6 Å². The molecule has 1 amide bonds. The second-order valence-electron chi connectivity index (χ2n) is 7.91. The molecule has 1 saturated carbocycles. The summed E-state index contributed by atoms with van der Waals surface area (Å²) in [6.07, 6.45) is 2.77. The molecule has 1 heterocycles. The fourth-order valence-electron chi connectivity index (χ4n) is 3.95. The van der Waals surface area contributed by atoms with E-state index in [1.807, 2.05) is 13.8 Å². The van der Waals surface area contributed by atoms with Crippen molar-refractivity contribution in [3.63, 3.8) is 0 Å². The third kappa shape index (κ3) is 7.27. The first kappa shape index (κ1) is 25.8. The Balaban J connectivity index is 0.00000341. The molecule has 1 atom stereocenters. The van der Waals surface area contributed by atoms with Gasteiger partial charge in [0.1, 0.15) is 11.6 Å². The third-order valence-electron chi connectivity index (χ3n) is 5.72. The number of benzene rings is 1. The van der Waals surface area contributed by atoms with Gasteiger partial charge in [0, 0.05) is 62.9 Å². The van der Waals surface area contributed by atoms with Gasteiger partial charge in [-0.15, -0.1) is 24.0 Å². The number of halogens is 3. The molecule has 9 heteroatoms. The molecule has 1 aromatic carbocycles. The number of aliphatic imine (C=N–C) groups is 1. The van der Waals surface area contributed by atoms with Crippen molar-refractivity contribution in [3.05, 3.63) is 35.4 Å². The van der Waals surface area contributed by atoms with Crippen molar-refractivity contribution in [3.8, 4) is 0 Å². The number of carbonyl (C=O) groups excluding carboxylic acids is 1. The molecule has 2 aliphatic rings. The summed E-state index contributed by atoms with van der Waals surface area (Å²) in [6, 6.07) is 3.79. The Bertz CT molecular complexity index is 751. The van der Waals surface area contributed by atoms with Crippen molar-refractivity contribution in [1.82, 2.24) is 20.4 Å². The van der Waals surface area contributed by atoms with Crippen molar-refractivity contribution in [2.45, 2.75) is 39.2 Å². The van der Waals surface area contributed by atoms with Crippen LogP contribution >= 0.6 is 24.0 Å². The molecule has 2 fully saturated rings. The minimum atomic E-state index is -0.546. The van der Waals surface area contributed by atoms with Crippen LogP contribution in [0.2, 0.25) is 0 Å². The molecule has 1 aliphatic heterocycles. The second kappa shape index (κ2) is 12.5. The van der Waals surface area contributed by atoms with Crippen molar-refractivity contribution in [2.75, 3.05) is 45.8 Å². The van der Waals surface area contributed by atoms with Crippen LogP contribution in [0.15, 0.2) is 23.2 Å². The average Bonchev–Trinajstić information content (AvgIpc) is 3.58. The van der Waals surface area contributed by atoms with Crippen LogP contribution in [0.25, 0.3) is 0 Å². The number of guanidine groups is 1. The summed E-state index contributed by atoms with van der Waals surface area (Å²) in [6.45, 7) is 9.03. The molecule has 1 aliphatic carbocycles. The maximum absolute atomic E-state index is 14.3. The molecule has 31 heavy (non-hydrogen) atoms. The smallest absolute Gasteiger partial charge is 0.223 e. The molecule has 174 valence electrons. The van der Waals surface area contributed by atoms with Gasteiger partial charge in [-0.1, -0.05) is 13.0 Å². The number of piperazine rings is 1. The molecule has 1 unspecified atom stereocenters. The third-order valence-corrected chi connectivity index (χ3v) is 5.72. The summed E-state index contributed by atoms with van der Waals surface area (Å²) in [4.78, 5) is 20.8. The van der Waals surface area contributed by atoms with E-state index < -0.39 is 11.6 Å². The Labute approximate surface area is 200 Å². The van der Waals surface area contributed by atoms with Crippen LogP contribution in [0.5, 0.6) is 0 Å². The molecule has 6 nitrogen and oxygen atoms in total. The number of nitrogens with one attached hydrogen (secondary N) is 2. The van der Waals surface area contributed by atoms with Crippen LogP contribution in [0, 0.1) is 17.6 Å². The van der Waals surface area contributed by atoms with Gasteiger partial charge in [0.15, 0.2) is 5.96 Å². The van der Waals surface area contributed by atoms with E-state index in [-0.39, 0.29) is 41.8 Å². The van der Waals surface area contributed by atoms with E-state index in [1.54, 1.807) is 6.07 Å². The summed E-state index contributed by atoms with van der Waals surface area (Å²) < 4.78 is 27.6. The predicted octanol–water partition coefficient (Wildman–Crippen LogP) is 3.14. The molecule has 0 radical (unpaired) electrons.